The summed E-state index contributed by atoms with van der Waals surface area (Å²) >= 11 is 0. The number of nitrogens with one attached hydrogen (secondary N) is 1. The molecule has 1 aliphatic rings. The molecule has 1 atom stereocenters. The van der Waals surface area contributed by atoms with E-state index in [1.807, 2.05) is 0 Å². The van der Waals surface area contributed by atoms with E-state index in [0.29, 0.717) is 6.04 Å². The lowest BCUT2D eigenvalue weighted by Crippen LogP contribution is -2.41. The van der Waals surface area contributed by atoms with Gasteiger partial charge in [0.15, 0.2) is 0 Å². The smallest absolute Gasteiger partial charge is 0.0474 e. The summed E-state index contributed by atoms with van der Waals surface area (Å²) in [6, 6.07) is 0.642. The van der Waals surface area contributed by atoms with Gasteiger partial charge in [0.2, 0.25) is 0 Å². The number of rotatable bonds is 9. The molecule has 0 bridgehead atoms. The SMILES string of the molecule is COCCCNCC(C)N(C)CC1CCC1. The Labute approximate surface area is 101 Å². The van der Waals surface area contributed by atoms with Crippen LogP contribution in [0.4, 0.5) is 0 Å². The molecule has 1 unspecified atom stereocenters. The van der Waals surface area contributed by atoms with E-state index in [4.69, 9.17) is 4.74 Å². The normalized spacial score (nSPS) is 18.8. The van der Waals surface area contributed by atoms with Crippen LogP contribution in [0.2, 0.25) is 0 Å². The molecule has 1 fully saturated rings. The summed E-state index contributed by atoms with van der Waals surface area (Å²) in [6.45, 7) is 6.60. The van der Waals surface area contributed by atoms with Gasteiger partial charge in [0.1, 0.15) is 0 Å². The van der Waals surface area contributed by atoms with Gasteiger partial charge in [0.05, 0.1) is 0 Å². The van der Waals surface area contributed by atoms with Gasteiger partial charge in [0, 0.05) is 32.8 Å². The summed E-state index contributed by atoms with van der Waals surface area (Å²) in [7, 11) is 4.01. The van der Waals surface area contributed by atoms with Gasteiger partial charge in [-0.25, -0.2) is 0 Å². The van der Waals surface area contributed by atoms with Crippen LogP contribution >= 0.6 is 0 Å². The number of nitrogens with zero attached hydrogens (tertiary/aromatic N) is 1. The Morgan fingerprint density at radius 1 is 1.44 bits per heavy atom. The van der Waals surface area contributed by atoms with Crippen LogP contribution in [0.25, 0.3) is 0 Å². The molecule has 1 saturated carbocycles. The average molecular weight is 228 g/mol. The molecule has 1 N–H and O–H groups in total. The molecule has 0 saturated heterocycles. The minimum absolute atomic E-state index is 0.642. The van der Waals surface area contributed by atoms with E-state index in [1.54, 1.807) is 7.11 Å². The minimum Gasteiger partial charge on any atom is -0.385 e. The second kappa shape index (κ2) is 8.04. The van der Waals surface area contributed by atoms with Crippen LogP contribution in [0.15, 0.2) is 0 Å². The predicted octanol–water partition coefficient (Wildman–Crippen LogP) is 1.73. The molecule has 0 spiro atoms. The summed E-state index contributed by atoms with van der Waals surface area (Å²) < 4.78 is 5.02. The number of ether oxygens (including phenoxy) is 1. The second-order valence-electron chi connectivity index (χ2n) is 5.14. The lowest BCUT2D eigenvalue weighted by Gasteiger charge is -2.33. The van der Waals surface area contributed by atoms with E-state index in [0.717, 1.165) is 32.0 Å². The van der Waals surface area contributed by atoms with Gasteiger partial charge in [0.25, 0.3) is 0 Å². The third-order valence-corrected chi connectivity index (χ3v) is 3.67. The van der Waals surface area contributed by atoms with Crippen molar-refractivity contribution in [2.24, 2.45) is 5.92 Å². The summed E-state index contributed by atoms with van der Waals surface area (Å²) in [4.78, 5) is 2.49. The fourth-order valence-electron chi connectivity index (χ4n) is 2.07. The van der Waals surface area contributed by atoms with Crippen molar-refractivity contribution in [2.45, 2.75) is 38.6 Å². The van der Waals surface area contributed by atoms with Crippen LogP contribution in [0, 0.1) is 5.92 Å². The van der Waals surface area contributed by atoms with Crippen molar-refractivity contribution in [3.8, 4) is 0 Å². The van der Waals surface area contributed by atoms with Crippen molar-refractivity contribution >= 4 is 0 Å². The van der Waals surface area contributed by atoms with Crippen molar-refractivity contribution in [3.63, 3.8) is 0 Å². The largest absolute Gasteiger partial charge is 0.385 e. The van der Waals surface area contributed by atoms with E-state index in [9.17, 15) is 0 Å². The standard InChI is InChI=1S/C13H28N2O/c1-12(10-14-8-5-9-16-3)15(2)11-13-6-4-7-13/h12-14H,4-11H2,1-3H3. The van der Waals surface area contributed by atoms with Crippen molar-refractivity contribution in [1.29, 1.82) is 0 Å². The van der Waals surface area contributed by atoms with Gasteiger partial charge >= 0.3 is 0 Å². The van der Waals surface area contributed by atoms with Crippen LogP contribution in [0.1, 0.15) is 32.6 Å². The molecule has 0 aromatic heterocycles. The van der Waals surface area contributed by atoms with Crippen LogP contribution in [0.3, 0.4) is 0 Å². The highest BCUT2D eigenvalue weighted by molar-refractivity contribution is 4.75. The predicted molar refractivity (Wildman–Crippen MR) is 68.8 cm³/mol. The number of hydrogen-bond acceptors (Lipinski definition) is 3. The van der Waals surface area contributed by atoms with Gasteiger partial charge in [-0.1, -0.05) is 6.42 Å². The van der Waals surface area contributed by atoms with Crippen molar-refractivity contribution in [1.82, 2.24) is 10.2 Å². The molecule has 0 amide bonds. The quantitative estimate of drug-likeness (QED) is 0.608. The molecule has 16 heavy (non-hydrogen) atoms. The first-order valence-corrected chi connectivity index (χ1v) is 6.64. The van der Waals surface area contributed by atoms with Gasteiger partial charge in [-0.05, 0) is 45.7 Å². The molecule has 0 heterocycles. The zero-order valence-corrected chi connectivity index (χ0v) is 11.2. The minimum atomic E-state index is 0.642. The first-order chi connectivity index (χ1) is 7.74. The fourth-order valence-corrected chi connectivity index (χ4v) is 2.07. The first kappa shape index (κ1) is 13.9. The molecule has 96 valence electrons. The summed E-state index contributed by atoms with van der Waals surface area (Å²) in [5.41, 5.74) is 0. The van der Waals surface area contributed by atoms with Crippen LogP contribution in [0.5, 0.6) is 0 Å². The molecule has 1 rings (SSSR count). The van der Waals surface area contributed by atoms with Crippen LogP contribution < -0.4 is 5.32 Å². The van der Waals surface area contributed by atoms with E-state index in [2.05, 4.69) is 24.2 Å². The second-order valence-corrected chi connectivity index (χ2v) is 5.14. The zero-order chi connectivity index (χ0) is 11.8. The van der Waals surface area contributed by atoms with Crippen molar-refractivity contribution in [2.75, 3.05) is 40.4 Å². The van der Waals surface area contributed by atoms with Crippen molar-refractivity contribution in [3.05, 3.63) is 0 Å². The Hall–Kier alpha value is -0.120. The Balaban J connectivity index is 1.97. The zero-order valence-electron chi connectivity index (χ0n) is 11.2. The van der Waals surface area contributed by atoms with E-state index < -0.39 is 0 Å². The molecule has 0 aromatic rings. The maximum atomic E-state index is 5.02. The van der Waals surface area contributed by atoms with Crippen molar-refractivity contribution < 1.29 is 4.74 Å². The van der Waals surface area contributed by atoms with E-state index in [1.165, 1.54) is 25.8 Å². The molecule has 3 nitrogen and oxygen atoms in total. The summed E-state index contributed by atoms with van der Waals surface area (Å²) in [5, 5.41) is 3.49. The van der Waals surface area contributed by atoms with E-state index >= 15 is 0 Å². The third-order valence-electron chi connectivity index (χ3n) is 3.67. The molecular weight excluding hydrogens is 200 g/mol. The Kier molecular flexibility index (Phi) is 7.01. The van der Waals surface area contributed by atoms with Crippen LogP contribution in [-0.2, 0) is 4.74 Å². The van der Waals surface area contributed by atoms with Crippen LogP contribution in [-0.4, -0.2) is 51.3 Å². The third kappa shape index (κ3) is 5.28. The molecule has 1 aliphatic carbocycles. The number of hydrogen-bond donors (Lipinski definition) is 1. The Morgan fingerprint density at radius 2 is 2.19 bits per heavy atom. The molecule has 0 aliphatic heterocycles. The highest BCUT2D eigenvalue weighted by Crippen LogP contribution is 2.27. The number of methoxy groups -OCH3 is 1. The summed E-state index contributed by atoms with van der Waals surface area (Å²) in [6.07, 6.45) is 5.44. The van der Waals surface area contributed by atoms with Gasteiger partial charge < -0.3 is 15.0 Å². The Morgan fingerprint density at radius 3 is 2.75 bits per heavy atom. The fraction of sp³-hybridized carbons (Fsp3) is 1.00. The maximum Gasteiger partial charge on any atom is 0.0474 e. The maximum absolute atomic E-state index is 5.02. The molecular formula is C13H28N2O. The topological polar surface area (TPSA) is 24.5 Å². The highest BCUT2D eigenvalue weighted by Gasteiger charge is 2.20. The van der Waals surface area contributed by atoms with Gasteiger partial charge in [-0.2, -0.15) is 0 Å². The molecule has 0 aromatic carbocycles. The summed E-state index contributed by atoms with van der Waals surface area (Å²) in [5.74, 6) is 0.973. The van der Waals surface area contributed by atoms with Gasteiger partial charge in [-0.3, -0.25) is 0 Å². The van der Waals surface area contributed by atoms with E-state index in [-0.39, 0.29) is 0 Å². The highest BCUT2D eigenvalue weighted by atomic mass is 16.5. The first-order valence-electron chi connectivity index (χ1n) is 6.64. The Bertz CT molecular complexity index is 171. The number of likely N-dealkylation sites (N-methyl/N-ethyl adjacent to an activating group) is 1. The average Bonchev–Trinajstić information content (AvgIpc) is 2.22. The lowest BCUT2D eigenvalue weighted by molar-refractivity contribution is 0.165. The molecule has 0 radical (unpaired) electrons. The monoisotopic (exact) mass is 228 g/mol. The molecule has 3 heteroatoms. The lowest BCUT2D eigenvalue weighted by atomic mass is 9.85. The van der Waals surface area contributed by atoms with Gasteiger partial charge in [-0.15, -0.1) is 0 Å².